The van der Waals surface area contributed by atoms with Gasteiger partial charge in [0.25, 0.3) is 0 Å². The summed E-state index contributed by atoms with van der Waals surface area (Å²) in [5, 5.41) is 0. The van der Waals surface area contributed by atoms with Gasteiger partial charge < -0.3 is 23.7 Å². The Kier molecular flexibility index (Phi) is 5.67. The van der Waals surface area contributed by atoms with Crippen LogP contribution in [0.15, 0.2) is 72.8 Å². The lowest BCUT2D eigenvalue weighted by molar-refractivity contribution is 0.0251. The van der Waals surface area contributed by atoms with Crippen LogP contribution in [0.25, 0.3) is 0 Å². The highest BCUT2D eigenvalue weighted by molar-refractivity contribution is 5.96. The molecule has 0 bridgehead atoms. The number of carbonyl (C=O) groups is 1. The second-order valence-electron chi connectivity index (χ2n) is 8.95. The summed E-state index contributed by atoms with van der Waals surface area (Å²) in [7, 11) is 0. The zero-order chi connectivity index (χ0) is 23.0. The number of hydrogen-bond donors (Lipinski definition) is 0. The van der Waals surface area contributed by atoms with E-state index < -0.39 is 5.60 Å². The Morgan fingerprint density at radius 1 is 0.735 bits per heavy atom. The van der Waals surface area contributed by atoms with Gasteiger partial charge in [0.15, 0.2) is 5.60 Å². The van der Waals surface area contributed by atoms with Gasteiger partial charge in [-0.1, -0.05) is 66.7 Å². The van der Waals surface area contributed by atoms with E-state index in [-0.39, 0.29) is 18.2 Å². The van der Waals surface area contributed by atoms with E-state index in [4.69, 9.17) is 23.7 Å². The predicted octanol–water partition coefficient (Wildman–Crippen LogP) is 3.98. The van der Waals surface area contributed by atoms with Crippen molar-refractivity contribution in [1.82, 2.24) is 0 Å². The van der Waals surface area contributed by atoms with Crippen molar-refractivity contribution in [3.05, 3.63) is 106 Å². The van der Waals surface area contributed by atoms with Gasteiger partial charge in [0, 0.05) is 16.7 Å². The number of epoxide rings is 2. The molecular weight excluding hydrogens is 432 g/mol. The summed E-state index contributed by atoms with van der Waals surface area (Å²) >= 11 is 0. The average Bonchev–Trinajstić information content (AvgIpc) is 3.81. The third-order valence-electron chi connectivity index (χ3n) is 6.44. The first-order chi connectivity index (χ1) is 16.7. The first kappa shape index (κ1) is 21.5. The van der Waals surface area contributed by atoms with Crippen LogP contribution < -0.4 is 0 Å². The Morgan fingerprint density at radius 2 is 1.24 bits per heavy atom. The molecule has 2 atom stereocenters. The van der Waals surface area contributed by atoms with Crippen LogP contribution in [-0.4, -0.2) is 44.6 Å². The molecule has 0 spiro atoms. The molecule has 0 aliphatic carbocycles. The Morgan fingerprint density at radius 3 is 1.74 bits per heavy atom. The van der Waals surface area contributed by atoms with Gasteiger partial charge in [-0.15, -0.1) is 0 Å². The standard InChI is InChI=1S/C28H26O6/c29-27-25-3-1-2-4-26(25)28(34-27,21-9-5-19(6-10-21)13-30-15-23-17-32-23)22-11-7-20(8-12-22)14-31-16-24-18-33-24/h1-12,23-24H,13-18H2. The molecule has 0 aromatic heterocycles. The number of carbonyl (C=O) groups excluding carboxylic acids is 1. The summed E-state index contributed by atoms with van der Waals surface area (Å²) in [5.74, 6) is -0.315. The molecule has 3 aromatic rings. The predicted molar refractivity (Wildman–Crippen MR) is 123 cm³/mol. The van der Waals surface area contributed by atoms with Crippen molar-refractivity contribution in [2.45, 2.75) is 31.0 Å². The molecule has 6 nitrogen and oxygen atoms in total. The molecule has 6 rings (SSSR count). The van der Waals surface area contributed by atoms with Crippen LogP contribution >= 0.6 is 0 Å². The summed E-state index contributed by atoms with van der Waals surface area (Å²) in [4.78, 5) is 12.9. The van der Waals surface area contributed by atoms with Crippen LogP contribution in [0, 0.1) is 0 Å². The Bertz CT molecular complexity index is 1100. The number of esters is 1. The molecule has 3 aliphatic heterocycles. The molecule has 34 heavy (non-hydrogen) atoms. The molecular formula is C28H26O6. The zero-order valence-electron chi connectivity index (χ0n) is 18.8. The van der Waals surface area contributed by atoms with Crippen molar-refractivity contribution >= 4 is 5.97 Å². The molecule has 0 N–H and O–H groups in total. The molecule has 3 aliphatic rings. The van der Waals surface area contributed by atoms with Gasteiger partial charge in [0.05, 0.1) is 45.2 Å². The molecule has 174 valence electrons. The monoisotopic (exact) mass is 458 g/mol. The van der Waals surface area contributed by atoms with E-state index in [2.05, 4.69) is 0 Å². The van der Waals surface area contributed by atoms with E-state index in [9.17, 15) is 4.79 Å². The highest BCUT2D eigenvalue weighted by atomic mass is 16.6. The summed E-state index contributed by atoms with van der Waals surface area (Å²) in [6, 6.07) is 23.8. The van der Waals surface area contributed by atoms with E-state index in [1.54, 1.807) is 0 Å². The minimum Gasteiger partial charge on any atom is -0.441 e. The van der Waals surface area contributed by atoms with Crippen molar-refractivity contribution in [1.29, 1.82) is 0 Å². The second-order valence-corrected chi connectivity index (χ2v) is 8.95. The molecule has 0 radical (unpaired) electrons. The normalized spacial score (nSPS) is 24.5. The average molecular weight is 459 g/mol. The SMILES string of the molecule is O=C1OC(c2ccc(COCC3CO3)cc2)(c2ccc(COCC3CO3)cc2)c2ccccc21. The van der Waals surface area contributed by atoms with Gasteiger partial charge in [-0.3, -0.25) is 0 Å². The zero-order valence-corrected chi connectivity index (χ0v) is 18.8. The summed E-state index contributed by atoms with van der Waals surface area (Å²) in [5.41, 5.74) is 4.36. The Hall–Kier alpha value is -3.03. The highest BCUT2D eigenvalue weighted by Crippen LogP contribution is 2.47. The van der Waals surface area contributed by atoms with Crippen LogP contribution in [0.4, 0.5) is 0 Å². The van der Waals surface area contributed by atoms with Crippen LogP contribution in [0.3, 0.4) is 0 Å². The number of ether oxygens (including phenoxy) is 5. The quantitative estimate of drug-likeness (QED) is 0.338. The van der Waals surface area contributed by atoms with Crippen LogP contribution in [0.2, 0.25) is 0 Å². The minimum absolute atomic E-state index is 0.243. The largest absolute Gasteiger partial charge is 0.441 e. The van der Waals surface area contributed by atoms with Crippen LogP contribution in [-0.2, 0) is 42.5 Å². The van der Waals surface area contributed by atoms with Crippen LogP contribution in [0.5, 0.6) is 0 Å². The van der Waals surface area contributed by atoms with Gasteiger partial charge in [-0.25, -0.2) is 4.79 Å². The number of hydrogen-bond acceptors (Lipinski definition) is 6. The number of fused-ring (bicyclic) bond motifs is 1. The summed E-state index contributed by atoms with van der Waals surface area (Å²) < 4.78 is 28.0. The maximum absolute atomic E-state index is 12.9. The molecule has 0 saturated carbocycles. The van der Waals surface area contributed by atoms with Gasteiger partial charge in [-0.05, 0) is 17.2 Å². The Balaban J connectivity index is 1.30. The van der Waals surface area contributed by atoms with Gasteiger partial charge >= 0.3 is 5.97 Å². The van der Waals surface area contributed by atoms with E-state index in [1.165, 1.54) is 0 Å². The fourth-order valence-corrected chi connectivity index (χ4v) is 4.43. The van der Waals surface area contributed by atoms with Gasteiger partial charge in [0.2, 0.25) is 0 Å². The van der Waals surface area contributed by atoms with Crippen molar-refractivity contribution < 1.29 is 28.5 Å². The molecule has 3 heterocycles. The van der Waals surface area contributed by atoms with E-state index in [1.807, 2.05) is 72.8 Å². The molecule has 0 amide bonds. The number of rotatable bonds is 10. The highest BCUT2D eigenvalue weighted by Gasteiger charge is 2.48. The second kappa shape index (κ2) is 8.96. The lowest BCUT2D eigenvalue weighted by Crippen LogP contribution is -2.29. The van der Waals surface area contributed by atoms with Crippen molar-refractivity contribution in [2.24, 2.45) is 0 Å². The number of benzene rings is 3. The maximum atomic E-state index is 12.9. The molecule has 3 aromatic carbocycles. The van der Waals surface area contributed by atoms with Gasteiger partial charge in [-0.2, -0.15) is 0 Å². The third-order valence-corrected chi connectivity index (χ3v) is 6.44. The summed E-state index contributed by atoms with van der Waals surface area (Å²) in [6.45, 7) is 3.83. The maximum Gasteiger partial charge on any atom is 0.340 e. The third kappa shape index (κ3) is 4.26. The first-order valence-corrected chi connectivity index (χ1v) is 11.6. The molecule has 2 fully saturated rings. The van der Waals surface area contributed by atoms with Crippen LogP contribution in [0.1, 0.15) is 38.2 Å². The van der Waals surface area contributed by atoms with Crippen molar-refractivity contribution in [2.75, 3.05) is 26.4 Å². The number of cyclic esters (lactones) is 1. The summed E-state index contributed by atoms with van der Waals surface area (Å²) in [6.07, 6.45) is 0.486. The fraction of sp³-hybridized carbons (Fsp3) is 0.321. The Labute approximate surface area is 198 Å². The van der Waals surface area contributed by atoms with Gasteiger partial charge in [0.1, 0.15) is 12.2 Å². The lowest BCUT2D eigenvalue weighted by Gasteiger charge is -2.30. The topological polar surface area (TPSA) is 69.8 Å². The van der Waals surface area contributed by atoms with E-state index >= 15 is 0 Å². The molecule has 6 heteroatoms. The molecule has 2 unspecified atom stereocenters. The van der Waals surface area contributed by atoms with Crippen molar-refractivity contribution in [3.63, 3.8) is 0 Å². The lowest BCUT2D eigenvalue weighted by atomic mass is 9.79. The first-order valence-electron chi connectivity index (χ1n) is 11.6. The van der Waals surface area contributed by atoms with Crippen molar-refractivity contribution in [3.8, 4) is 0 Å². The smallest absolute Gasteiger partial charge is 0.340 e. The minimum atomic E-state index is -1.00. The van der Waals surface area contributed by atoms with E-state index in [0.717, 1.165) is 41.0 Å². The fourth-order valence-electron chi connectivity index (χ4n) is 4.43. The van der Waals surface area contributed by atoms with E-state index in [0.29, 0.717) is 32.0 Å². The molecule has 2 saturated heterocycles.